The fraction of sp³-hybridized carbons (Fsp3) is 0.333. The predicted octanol–water partition coefficient (Wildman–Crippen LogP) is 0.194. The highest BCUT2D eigenvalue weighted by atomic mass is 16.2. The third-order valence-electron chi connectivity index (χ3n) is 5.15. The van der Waals surface area contributed by atoms with Gasteiger partial charge in [-0.3, -0.25) is 18.7 Å². The van der Waals surface area contributed by atoms with Gasteiger partial charge in [0.25, 0.3) is 11.5 Å². The Balaban J connectivity index is 1.56. The second-order valence-corrected chi connectivity index (χ2v) is 6.71. The monoisotopic (exact) mass is 369 g/mol. The minimum absolute atomic E-state index is 0.0175. The third kappa shape index (κ3) is 2.80. The number of carbonyl (C=O) groups excluding carboxylic acids is 1. The van der Waals surface area contributed by atoms with E-state index < -0.39 is 17.2 Å². The highest BCUT2D eigenvalue weighted by Gasteiger charge is 2.28. The number of benzene rings is 1. The molecule has 1 fully saturated rings. The average molecular weight is 369 g/mol. The zero-order chi connectivity index (χ0) is 19.1. The first-order chi connectivity index (χ1) is 13.0. The summed E-state index contributed by atoms with van der Waals surface area (Å²) in [6, 6.07) is 7.49. The second kappa shape index (κ2) is 6.42. The number of rotatable bonds is 2. The van der Waals surface area contributed by atoms with Crippen LogP contribution in [-0.4, -0.2) is 43.0 Å². The van der Waals surface area contributed by atoms with Crippen molar-refractivity contribution in [1.29, 1.82) is 0 Å². The Morgan fingerprint density at radius 3 is 2.52 bits per heavy atom. The molecule has 1 aliphatic rings. The fourth-order valence-electron chi connectivity index (χ4n) is 3.65. The second-order valence-electron chi connectivity index (χ2n) is 6.71. The summed E-state index contributed by atoms with van der Waals surface area (Å²) in [4.78, 5) is 55.5. The van der Waals surface area contributed by atoms with E-state index in [0.717, 1.165) is 15.6 Å². The summed E-state index contributed by atoms with van der Waals surface area (Å²) < 4.78 is 2.63. The van der Waals surface area contributed by atoms with Gasteiger partial charge in [-0.15, -0.1) is 0 Å². The lowest BCUT2D eigenvalue weighted by Gasteiger charge is -2.32. The standard InChI is InChI=1S/C18H19N5O4/c1-21-15(24)12(10-19-17(21)26)16(25)22-8-6-11(7-9-22)23-14-5-3-2-4-13(14)20-18(23)27/h2-5,10-11H,6-9H2,1H3,(H,19,26)(H,20,27). The molecule has 4 rings (SSSR count). The summed E-state index contributed by atoms with van der Waals surface area (Å²) in [6.45, 7) is 0.857. The molecular formula is C18H19N5O4. The molecule has 0 aliphatic carbocycles. The van der Waals surface area contributed by atoms with Crippen molar-refractivity contribution in [1.82, 2.24) is 24.0 Å². The average Bonchev–Trinajstić information content (AvgIpc) is 3.01. The number of piperidine rings is 1. The Morgan fingerprint density at radius 2 is 1.78 bits per heavy atom. The number of nitrogens with one attached hydrogen (secondary N) is 2. The van der Waals surface area contributed by atoms with Crippen LogP contribution < -0.4 is 16.9 Å². The van der Waals surface area contributed by atoms with Gasteiger partial charge in [-0.2, -0.15) is 0 Å². The van der Waals surface area contributed by atoms with Crippen LogP contribution in [0.25, 0.3) is 11.0 Å². The number of amides is 1. The number of likely N-dealkylation sites (tertiary alicyclic amines) is 1. The van der Waals surface area contributed by atoms with Crippen molar-refractivity contribution in [3.63, 3.8) is 0 Å². The molecule has 0 spiro atoms. The molecule has 140 valence electrons. The summed E-state index contributed by atoms with van der Waals surface area (Å²) in [5.74, 6) is -0.406. The predicted molar refractivity (Wildman–Crippen MR) is 99.0 cm³/mol. The fourth-order valence-corrected chi connectivity index (χ4v) is 3.65. The van der Waals surface area contributed by atoms with Gasteiger partial charge in [0.15, 0.2) is 0 Å². The SMILES string of the molecule is Cn1c(=O)[nH]cc(C(=O)N2CCC(n3c(=O)[nH]c4ccccc43)CC2)c1=O. The van der Waals surface area contributed by atoms with Crippen LogP contribution in [0.4, 0.5) is 0 Å². The smallest absolute Gasteiger partial charge is 0.328 e. The highest BCUT2D eigenvalue weighted by molar-refractivity contribution is 5.93. The van der Waals surface area contributed by atoms with E-state index >= 15 is 0 Å². The van der Waals surface area contributed by atoms with Crippen LogP contribution >= 0.6 is 0 Å². The Labute approximate surface area is 152 Å². The van der Waals surface area contributed by atoms with E-state index in [1.165, 1.54) is 13.2 Å². The molecular weight excluding hydrogens is 350 g/mol. The number of nitrogens with zero attached hydrogens (tertiary/aromatic N) is 3. The molecule has 0 saturated carbocycles. The summed E-state index contributed by atoms with van der Waals surface area (Å²) in [7, 11) is 1.33. The van der Waals surface area contributed by atoms with Crippen molar-refractivity contribution in [2.75, 3.05) is 13.1 Å². The molecule has 3 heterocycles. The van der Waals surface area contributed by atoms with Gasteiger partial charge in [0.1, 0.15) is 5.56 Å². The van der Waals surface area contributed by atoms with Gasteiger partial charge in [0.2, 0.25) is 0 Å². The Morgan fingerprint density at radius 1 is 1.07 bits per heavy atom. The zero-order valence-corrected chi connectivity index (χ0v) is 14.8. The quantitative estimate of drug-likeness (QED) is 0.671. The van der Waals surface area contributed by atoms with Gasteiger partial charge < -0.3 is 14.9 Å². The first kappa shape index (κ1) is 17.1. The van der Waals surface area contributed by atoms with E-state index in [2.05, 4.69) is 9.97 Å². The largest absolute Gasteiger partial charge is 0.338 e. The van der Waals surface area contributed by atoms with Crippen LogP contribution in [0.1, 0.15) is 29.2 Å². The Hall–Kier alpha value is -3.36. The van der Waals surface area contributed by atoms with E-state index in [9.17, 15) is 19.2 Å². The molecule has 9 nitrogen and oxygen atoms in total. The third-order valence-corrected chi connectivity index (χ3v) is 5.15. The van der Waals surface area contributed by atoms with Crippen LogP contribution in [0.15, 0.2) is 44.8 Å². The molecule has 0 atom stereocenters. The molecule has 27 heavy (non-hydrogen) atoms. The number of carbonyl (C=O) groups is 1. The van der Waals surface area contributed by atoms with Crippen LogP contribution in [0, 0.1) is 0 Å². The number of hydrogen-bond acceptors (Lipinski definition) is 4. The van der Waals surface area contributed by atoms with Crippen molar-refractivity contribution in [3.05, 3.63) is 67.3 Å². The summed E-state index contributed by atoms with van der Waals surface area (Å²) in [5.41, 5.74) is 0.252. The van der Waals surface area contributed by atoms with E-state index in [1.807, 2.05) is 24.3 Å². The number of aromatic amines is 2. The molecule has 3 aromatic rings. The van der Waals surface area contributed by atoms with Crippen LogP contribution in [0.2, 0.25) is 0 Å². The highest BCUT2D eigenvalue weighted by Crippen LogP contribution is 2.25. The topological polar surface area (TPSA) is 113 Å². The van der Waals surface area contributed by atoms with Crippen molar-refractivity contribution < 1.29 is 4.79 Å². The van der Waals surface area contributed by atoms with Crippen LogP contribution in [0.5, 0.6) is 0 Å². The molecule has 2 aromatic heterocycles. The number of aromatic nitrogens is 4. The van der Waals surface area contributed by atoms with Gasteiger partial charge in [-0.05, 0) is 25.0 Å². The lowest BCUT2D eigenvalue weighted by atomic mass is 10.0. The minimum atomic E-state index is -0.612. The lowest BCUT2D eigenvalue weighted by molar-refractivity contribution is 0.0692. The van der Waals surface area contributed by atoms with E-state index in [4.69, 9.17) is 0 Å². The molecule has 9 heteroatoms. The van der Waals surface area contributed by atoms with Crippen LogP contribution in [-0.2, 0) is 7.05 Å². The van der Waals surface area contributed by atoms with Crippen LogP contribution in [0.3, 0.4) is 0 Å². The molecule has 1 amide bonds. The van der Waals surface area contributed by atoms with E-state index in [0.29, 0.717) is 25.9 Å². The number of para-hydroxylation sites is 2. The van der Waals surface area contributed by atoms with E-state index in [-0.39, 0.29) is 17.3 Å². The van der Waals surface area contributed by atoms with Crippen molar-refractivity contribution in [3.8, 4) is 0 Å². The Bertz CT molecular complexity index is 1190. The lowest BCUT2D eigenvalue weighted by Crippen LogP contribution is -2.44. The number of H-pyrrole nitrogens is 2. The number of imidazole rings is 1. The first-order valence-corrected chi connectivity index (χ1v) is 8.74. The van der Waals surface area contributed by atoms with E-state index in [1.54, 1.807) is 9.47 Å². The summed E-state index contributed by atoms with van der Waals surface area (Å²) in [6.07, 6.45) is 2.39. The summed E-state index contributed by atoms with van der Waals surface area (Å²) in [5, 5.41) is 0. The van der Waals surface area contributed by atoms with Gasteiger partial charge in [0.05, 0.1) is 11.0 Å². The Kier molecular flexibility index (Phi) is 4.06. The molecule has 2 N–H and O–H groups in total. The minimum Gasteiger partial charge on any atom is -0.338 e. The first-order valence-electron chi connectivity index (χ1n) is 8.74. The molecule has 0 bridgehead atoms. The van der Waals surface area contributed by atoms with Crippen molar-refractivity contribution >= 4 is 16.9 Å². The molecule has 0 unspecified atom stereocenters. The van der Waals surface area contributed by atoms with Gasteiger partial charge in [0, 0.05) is 32.4 Å². The number of fused-ring (bicyclic) bond motifs is 1. The van der Waals surface area contributed by atoms with Crippen molar-refractivity contribution in [2.45, 2.75) is 18.9 Å². The summed E-state index contributed by atoms with van der Waals surface area (Å²) >= 11 is 0. The maximum Gasteiger partial charge on any atom is 0.328 e. The zero-order valence-electron chi connectivity index (χ0n) is 14.8. The maximum absolute atomic E-state index is 12.7. The maximum atomic E-state index is 12.7. The molecule has 1 saturated heterocycles. The molecule has 0 radical (unpaired) electrons. The molecule has 1 aromatic carbocycles. The number of hydrogen-bond donors (Lipinski definition) is 2. The normalized spacial score (nSPS) is 15.4. The molecule has 1 aliphatic heterocycles. The van der Waals surface area contributed by atoms with Gasteiger partial charge in [-0.1, -0.05) is 12.1 Å². The van der Waals surface area contributed by atoms with Crippen molar-refractivity contribution in [2.24, 2.45) is 7.05 Å². The van der Waals surface area contributed by atoms with Gasteiger partial charge in [-0.25, -0.2) is 9.59 Å². The van der Waals surface area contributed by atoms with Gasteiger partial charge >= 0.3 is 11.4 Å².